The number of fused-ring (bicyclic) bond motifs is 1. The number of carbonyl (C=O) groups is 1. The van der Waals surface area contributed by atoms with Gasteiger partial charge in [0.25, 0.3) is 0 Å². The fourth-order valence-corrected chi connectivity index (χ4v) is 2.43. The lowest BCUT2D eigenvalue weighted by molar-refractivity contribution is 0.0990. The third-order valence-electron chi connectivity index (χ3n) is 3.54. The van der Waals surface area contributed by atoms with E-state index in [-0.39, 0.29) is 17.8 Å². The average molecular weight is 273 g/mol. The Morgan fingerprint density at radius 2 is 1.90 bits per heavy atom. The minimum Gasteiger partial charge on any atom is -0.384 e. The van der Waals surface area contributed by atoms with Crippen LogP contribution in [0.5, 0.6) is 0 Å². The number of anilines is 1. The molecule has 0 radical (unpaired) electrons. The van der Waals surface area contributed by atoms with Crippen LogP contribution in [0.2, 0.25) is 0 Å². The molecule has 20 heavy (non-hydrogen) atoms. The van der Waals surface area contributed by atoms with Crippen molar-refractivity contribution in [3.8, 4) is 0 Å². The second-order valence-corrected chi connectivity index (χ2v) is 4.85. The molecule has 0 bridgehead atoms. The van der Waals surface area contributed by atoms with Gasteiger partial charge in [0.05, 0.1) is 0 Å². The zero-order valence-electron chi connectivity index (χ0n) is 10.7. The lowest BCUT2D eigenvalue weighted by Crippen LogP contribution is -2.07. The highest BCUT2D eigenvalue weighted by Gasteiger charge is 2.17. The first kappa shape index (κ1) is 12.8. The molecule has 0 aromatic heterocycles. The molecule has 0 aliphatic carbocycles. The van der Waals surface area contributed by atoms with E-state index in [2.05, 4.69) is 5.32 Å². The predicted molar refractivity (Wildman–Crippen MR) is 73.0 cm³/mol. The van der Waals surface area contributed by atoms with Gasteiger partial charge >= 0.3 is 0 Å². The molecule has 0 spiro atoms. The molecule has 0 unspecified atom stereocenters. The van der Waals surface area contributed by atoms with Crippen molar-refractivity contribution in [2.45, 2.75) is 12.8 Å². The third-order valence-corrected chi connectivity index (χ3v) is 3.54. The maximum absolute atomic E-state index is 13.5. The summed E-state index contributed by atoms with van der Waals surface area (Å²) in [5, 5.41) is 3.18. The molecule has 0 saturated heterocycles. The van der Waals surface area contributed by atoms with Gasteiger partial charge in [0.15, 0.2) is 5.78 Å². The summed E-state index contributed by atoms with van der Waals surface area (Å²) >= 11 is 0. The summed E-state index contributed by atoms with van der Waals surface area (Å²) in [5.41, 5.74) is 2.40. The first-order valence-electron chi connectivity index (χ1n) is 6.48. The van der Waals surface area contributed by atoms with E-state index in [4.69, 9.17) is 0 Å². The molecular weight excluding hydrogens is 260 g/mol. The Balaban J connectivity index is 1.86. The monoisotopic (exact) mass is 273 g/mol. The number of halogens is 2. The van der Waals surface area contributed by atoms with E-state index in [1.165, 1.54) is 11.6 Å². The van der Waals surface area contributed by atoms with E-state index in [0.29, 0.717) is 5.56 Å². The van der Waals surface area contributed by atoms with Gasteiger partial charge in [0, 0.05) is 29.8 Å². The van der Waals surface area contributed by atoms with Crippen molar-refractivity contribution in [3.05, 3.63) is 64.7 Å². The molecule has 1 N–H and O–H groups in total. The molecule has 0 fully saturated rings. The van der Waals surface area contributed by atoms with Crippen LogP contribution in [0.1, 0.15) is 21.5 Å². The number of Topliss-reactive ketones (excluding diaryl/α,β-unsaturated/α-hetero) is 1. The average Bonchev–Trinajstić information content (AvgIpc) is 2.90. The molecule has 0 amide bonds. The summed E-state index contributed by atoms with van der Waals surface area (Å²) in [6.45, 7) is 0.856. The normalized spacial score (nSPS) is 12.9. The van der Waals surface area contributed by atoms with Gasteiger partial charge in [-0.15, -0.1) is 0 Å². The number of benzene rings is 2. The van der Waals surface area contributed by atoms with Crippen LogP contribution < -0.4 is 5.32 Å². The van der Waals surface area contributed by atoms with Crippen molar-refractivity contribution in [1.82, 2.24) is 0 Å². The summed E-state index contributed by atoms with van der Waals surface area (Å²) < 4.78 is 27.1. The van der Waals surface area contributed by atoms with Crippen LogP contribution in [-0.4, -0.2) is 12.3 Å². The van der Waals surface area contributed by atoms with Crippen LogP contribution in [0.3, 0.4) is 0 Å². The Hall–Kier alpha value is -2.23. The summed E-state index contributed by atoms with van der Waals surface area (Å²) in [6.07, 6.45) is 0.670. The zero-order valence-corrected chi connectivity index (χ0v) is 10.7. The van der Waals surface area contributed by atoms with Gasteiger partial charge in [-0.3, -0.25) is 4.79 Å². The van der Waals surface area contributed by atoms with Crippen LogP contribution in [0.4, 0.5) is 14.5 Å². The van der Waals surface area contributed by atoms with Gasteiger partial charge in [-0.05, 0) is 30.2 Å². The van der Waals surface area contributed by atoms with Gasteiger partial charge in [-0.1, -0.05) is 18.2 Å². The fourth-order valence-electron chi connectivity index (χ4n) is 2.43. The second-order valence-electron chi connectivity index (χ2n) is 4.85. The van der Waals surface area contributed by atoms with Gasteiger partial charge in [-0.2, -0.15) is 0 Å². The lowest BCUT2D eigenvalue weighted by Gasteiger charge is -2.06. The highest BCUT2D eigenvalue weighted by atomic mass is 19.1. The first-order chi connectivity index (χ1) is 9.65. The molecule has 1 aliphatic heterocycles. The molecule has 3 rings (SSSR count). The SMILES string of the molecule is O=C(Cc1c(F)cccc1F)c1ccc2c(c1)NCC2. The van der Waals surface area contributed by atoms with Crippen molar-refractivity contribution in [2.24, 2.45) is 0 Å². The van der Waals surface area contributed by atoms with Gasteiger partial charge in [-0.25, -0.2) is 8.78 Å². The van der Waals surface area contributed by atoms with E-state index < -0.39 is 11.6 Å². The Morgan fingerprint density at radius 3 is 2.65 bits per heavy atom. The van der Waals surface area contributed by atoms with Crippen molar-refractivity contribution in [2.75, 3.05) is 11.9 Å². The summed E-state index contributed by atoms with van der Waals surface area (Å²) in [4.78, 5) is 12.2. The van der Waals surface area contributed by atoms with E-state index in [9.17, 15) is 13.6 Å². The van der Waals surface area contributed by atoms with Gasteiger partial charge < -0.3 is 5.32 Å². The zero-order chi connectivity index (χ0) is 14.1. The molecule has 2 aromatic rings. The standard InChI is InChI=1S/C16H13F2NO/c17-13-2-1-3-14(18)12(13)9-16(20)11-5-4-10-6-7-19-15(10)8-11/h1-5,8,19H,6-7,9H2. The Labute approximate surface area is 115 Å². The molecule has 4 heteroatoms. The largest absolute Gasteiger partial charge is 0.384 e. The van der Waals surface area contributed by atoms with Gasteiger partial charge in [0.2, 0.25) is 0 Å². The highest BCUT2D eigenvalue weighted by molar-refractivity contribution is 5.98. The van der Waals surface area contributed by atoms with Crippen molar-refractivity contribution in [3.63, 3.8) is 0 Å². The van der Waals surface area contributed by atoms with Crippen LogP contribution in [0.25, 0.3) is 0 Å². The predicted octanol–water partition coefficient (Wildman–Crippen LogP) is 3.36. The molecule has 2 aromatic carbocycles. The van der Waals surface area contributed by atoms with Crippen LogP contribution in [-0.2, 0) is 12.8 Å². The van der Waals surface area contributed by atoms with Crippen LogP contribution in [0.15, 0.2) is 36.4 Å². The van der Waals surface area contributed by atoms with Crippen molar-refractivity contribution >= 4 is 11.5 Å². The smallest absolute Gasteiger partial charge is 0.167 e. The Bertz CT molecular complexity index is 662. The number of hydrogen-bond donors (Lipinski definition) is 1. The highest BCUT2D eigenvalue weighted by Crippen LogP contribution is 2.24. The second kappa shape index (κ2) is 5.04. The molecular formula is C16H13F2NO. The topological polar surface area (TPSA) is 29.1 Å². The van der Waals surface area contributed by atoms with Crippen LogP contribution in [0, 0.1) is 11.6 Å². The quantitative estimate of drug-likeness (QED) is 0.869. The number of rotatable bonds is 3. The number of hydrogen-bond acceptors (Lipinski definition) is 2. The van der Waals surface area contributed by atoms with Gasteiger partial charge in [0.1, 0.15) is 11.6 Å². The van der Waals surface area contributed by atoms with E-state index in [0.717, 1.165) is 30.8 Å². The minimum atomic E-state index is -0.683. The van der Waals surface area contributed by atoms with Crippen LogP contribution >= 0.6 is 0 Å². The maximum atomic E-state index is 13.5. The summed E-state index contributed by atoms with van der Waals surface area (Å²) in [5.74, 6) is -1.65. The third kappa shape index (κ3) is 2.29. The fraction of sp³-hybridized carbons (Fsp3) is 0.188. The molecule has 1 heterocycles. The summed E-state index contributed by atoms with van der Waals surface area (Å²) in [7, 11) is 0. The number of ketones is 1. The molecule has 1 aliphatic rings. The van der Waals surface area contributed by atoms with Crippen molar-refractivity contribution < 1.29 is 13.6 Å². The number of nitrogens with one attached hydrogen (secondary N) is 1. The number of carbonyl (C=O) groups excluding carboxylic acids is 1. The molecule has 0 saturated carbocycles. The molecule has 2 nitrogen and oxygen atoms in total. The molecule has 102 valence electrons. The maximum Gasteiger partial charge on any atom is 0.167 e. The Morgan fingerprint density at radius 1 is 1.15 bits per heavy atom. The first-order valence-corrected chi connectivity index (χ1v) is 6.48. The van der Waals surface area contributed by atoms with E-state index in [1.54, 1.807) is 12.1 Å². The minimum absolute atomic E-state index is 0.175. The van der Waals surface area contributed by atoms with E-state index >= 15 is 0 Å². The Kier molecular flexibility index (Phi) is 3.22. The molecule has 0 atom stereocenters. The van der Waals surface area contributed by atoms with E-state index in [1.807, 2.05) is 6.07 Å². The summed E-state index contributed by atoms with van der Waals surface area (Å²) in [6, 6.07) is 8.97. The van der Waals surface area contributed by atoms with Crippen molar-refractivity contribution in [1.29, 1.82) is 0 Å². The lowest BCUT2D eigenvalue weighted by atomic mass is 10.0.